The molecule has 1 heterocycles. The molecule has 1 aromatic heterocycles. The molecule has 0 aliphatic heterocycles. The first-order valence-electron chi connectivity index (χ1n) is 5.09. The summed E-state index contributed by atoms with van der Waals surface area (Å²) in [4.78, 5) is 4.23. The lowest BCUT2D eigenvalue weighted by molar-refractivity contribution is 0.618. The molecular formula is C12H13FN2S. The van der Waals surface area contributed by atoms with Gasteiger partial charge in [-0.05, 0) is 37.6 Å². The van der Waals surface area contributed by atoms with Crippen LogP contribution in [0.25, 0.3) is 0 Å². The maximum absolute atomic E-state index is 13.1. The minimum Gasteiger partial charge on any atom is -0.376 e. The summed E-state index contributed by atoms with van der Waals surface area (Å²) in [6.45, 7) is 3.80. The number of thiazole rings is 1. The summed E-state index contributed by atoms with van der Waals surface area (Å²) in [5.41, 5.74) is 1.57. The number of nitrogens with zero attached hydrogens (tertiary/aromatic N) is 1. The van der Waals surface area contributed by atoms with Gasteiger partial charge < -0.3 is 5.32 Å². The Morgan fingerprint density at radius 3 is 2.88 bits per heavy atom. The van der Waals surface area contributed by atoms with E-state index in [1.807, 2.05) is 12.3 Å². The molecule has 0 fully saturated rings. The highest BCUT2D eigenvalue weighted by molar-refractivity contribution is 7.09. The second kappa shape index (κ2) is 4.61. The van der Waals surface area contributed by atoms with Gasteiger partial charge in [-0.15, -0.1) is 11.3 Å². The van der Waals surface area contributed by atoms with Gasteiger partial charge in [0, 0.05) is 17.3 Å². The molecule has 0 amide bonds. The number of rotatable bonds is 3. The number of hydrogen-bond acceptors (Lipinski definition) is 3. The lowest BCUT2D eigenvalue weighted by Gasteiger charge is -2.13. The van der Waals surface area contributed by atoms with Crippen LogP contribution in [0.2, 0.25) is 0 Å². The Bertz CT molecular complexity index is 468. The molecule has 2 aromatic rings. The maximum atomic E-state index is 13.1. The fourth-order valence-corrected chi connectivity index (χ4v) is 2.14. The van der Waals surface area contributed by atoms with Crippen molar-refractivity contribution in [2.75, 3.05) is 5.32 Å². The molecule has 0 radical (unpaired) electrons. The standard InChI is InChI=1S/C12H13FN2S/c1-8-7-10(3-4-11(8)13)15-9(2)12-14-5-6-16-12/h3-7,9,15H,1-2H3. The quantitative estimate of drug-likeness (QED) is 0.877. The van der Waals surface area contributed by atoms with Gasteiger partial charge in [0.15, 0.2) is 0 Å². The highest BCUT2D eigenvalue weighted by Gasteiger charge is 2.08. The first kappa shape index (κ1) is 11.1. The summed E-state index contributed by atoms with van der Waals surface area (Å²) in [6.07, 6.45) is 1.79. The minimum absolute atomic E-state index is 0.143. The van der Waals surface area contributed by atoms with Crippen LogP contribution in [0.15, 0.2) is 29.8 Å². The molecule has 0 spiro atoms. The molecule has 84 valence electrons. The fraction of sp³-hybridized carbons (Fsp3) is 0.250. The second-order valence-electron chi connectivity index (χ2n) is 3.70. The van der Waals surface area contributed by atoms with Crippen molar-refractivity contribution in [1.82, 2.24) is 4.98 Å². The average Bonchev–Trinajstić information content (AvgIpc) is 2.77. The van der Waals surface area contributed by atoms with Gasteiger partial charge >= 0.3 is 0 Å². The van der Waals surface area contributed by atoms with E-state index >= 15 is 0 Å². The van der Waals surface area contributed by atoms with Gasteiger partial charge in [-0.2, -0.15) is 0 Å². The molecule has 0 saturated carbocycles. The topological polar surface area (TPSA) is 24.9 Å². The number of halogens is 1. The third-order valence-corrected chi connectivity index (χ3v) is 3.32. The molecule has 0 saturated heterocycles. The summed E-state index contributed by atoms with van der Waals surface area (Å²) in [7, 11) is 0. The first-order chi connectivity index (χ1) is 7.66. The largest absolute Gasteiger partial charge is 0.376 e. The first-order valence-corrected chi connectivity index (χ1v) is 5.97. The van der Waals surface area contributed by atoms with Crippen molar-refractivity contribution in [3.63, 3.8) is 0 Å². The van der Waals surface area contributed by atoms with E-state index < -0.39 is 0 Å². The predicted molar refractivity (Wildman–Crippen MR) is 65.3 cm³/mol. The summed E-state index contributed by atoms with van der Waals surface area (Å²) in [5, 5.41) is 6.27. The molecule has 16 heavy (non-hydrogen) atoms. The number of benzene rings is 1. The van der Waals surface area contributed by atoms with Gasteiger partial charge in [0.05, 0.1) is 6.04 Å². The van der Waals surface area contributed by atoms with Gasteiger partial charge in [0.2, 0.25) is 0 Å². The van der Waals surface area contributed by atoms with E-state index in [0.29, 0.717) is 5.56 Å². The fourth-order valence-electron chi connectivity index (χ4n) is 1.49. The Labute approximate surface area is 98.2 Å². The normalized spacial score (nSPS) is 12.4. The van der Waals surface area contributed by atoms with E-state index in [2.05, 4.69) is 10.3 Å². The maximum Gasteiger partial charge on any atom is 0.126 e. The van der Waals surface area contributed by atoms with Crippen LogP contribution in [0.4, 0.5) is 10.1 Å². The van der Waals surface area contributed by atoms with Crippen LogP contribution in [-0.2, 0) is 0 Å². The van der Waals surface area contributed by atoms with Crippen LogP contribution in [0.1, 0.15) is 23.5 Å². The molecule has 0 bridgehead atoms. The molecule has 4 heteroatoms. The van der Waals surface area contributed by atoms with Crippen molar-refractivity contribution in [2.24, 2.45) is 0 Å². The molecular weight excluding hydrogens is 223 g/mol. The minimum atomic E-state index is -0.174. The molecule has 1 unspecified atom stereocenters. The van der Waals surface area contributed by atoms with Crippen LogP contribution in [0.3, 0.4) is 0 Å². The van der Waals surface area contributed by atoms with Crippen molar-refractivity contribution in [2.45, 2.75) is 19.9 Å². The number of nitrogens with one attached hydrogen (secondary N) is 1. The molecule has 0 aliphatic carbocycles. The van der Waals surface area contributed by atoms with E-state index in [9.17, 15) is 4.39 Å². The van der Waals surface area contributed by atoms with Crippen molar-refractivity contribution in [1.29, 1.82) is 0 Å². The van der Waals surface area contributed by atoms with E-state index in [4.69, 9.17) is 0 Å². The van der Waals surface area contributed by atoms with E-state index in [0.717, 1.165) is 10.7 Å². The summed E-state index contributed by atoms with van der Waals surface area (Å²) in [5.74, 6) is -0.174. The van der Waals surface area contributed by atoms with Crippen LogP contribution < -0.4 is 5.32 Å². The lowest BCUT2D eigenvalue weighted by atomic mass is 10.2. The molecule has 2 nitrogen and oxygen atoms in total. The zero-order valence-corrected chi connectivity index (χ0v) is 10.0. The van der Waals surface area contributed by atoms with Crippen molar-refractivity contribution < 1.29 is 4.39 Å². The number of aryl methyl sites for hydroxylation is 1. The Morgan fingerprint density at radius 1 is 1.44 bits per heavy atom. The second-order valence-corrected chi connectivity index (χ2v) is 4.63. The zero-order chi connectivity index (χ0) is 11.5. The third-order valence-electron chi connectivity index (χ3n) is 2.36. The number of anilines is 1. The van der Waals surface area contributed by atoms with E-state index in [1.165, 1.54) is 6.07 Å². The highest BCUT2D eigenvalue weighted by atomic mass is 32.1. The third kappa shape index (κ3) is 2.39. The Kier molecular flexibility index (Phi) is 3.19. The van der Waals surface area contributed by atoms with Gasteiger partial charge in [-0.3, -0.25) is 0 Å². The van der Waals surface area contributed by atoms with Crippen molar-refractivity contribution >= 4 is 17.0 Å². The van der Waals surface area contributed by atoms with E-state index in [1.54, 1.807) is 36.6 Å². The van der Waals surface area contributed by atoms with Crippen LogP contribution in [0, 0.1) is 12.7 Å². The Hall–Kier alpha value is -1.42. The van der Waals surface area contributed by atoms with Gasteiger partial charge in [0.1, 0.15) is 10.8 Å². The predicted octanol–water partition coefficient (Wildman–Crippen LogP) is 3.76. The van der Waals surface area contributed by atoms with Gasteiger partial charge in [-0.1, -0.05) is 0 Å². The van der Waals surface area contributed by atoms with Crippen LogP contribution in [0.5, 0.6) is 0 Å². The highest BCUT2D eigenvalue weighted by Crippen LogP contribution is 2.22. The molecule has 1 atom stereocenters. The monoisotopic (exact) mass is 236 g/mol. The number of aromatic nitrogens is 1. The molecule has 0 aliphatic rings. The van der Waals surface area contributed by atoms with Crippen molar-refractivity contribution in [3.05, 3.63) is 46.2 Å². The SMILES string of the molecule is Cc1cc(NC(C)c2nccs2)ccc1F. The van der Waals surface area contributed by atoms with Crippen LogP contribution in [-0.4, -0.2) is 4.98 Å². The van der Waals surface area contributed by atoms with Gasteiger partial charge in [0.25, 0.3) is 0 Å². The molecule has 1 N–H and O–H groups in total. The zero-order valence-electron chi connectivity index (χ0n) is 9.20. The molecule has 2 rings (SSSR count). The summed E-state index contributed by atoms with van der Waals surface area (Å²) in [6, 6.07) is 5.17. The van der Waals surface area contributed by atoms with E-state index in [-0.39, 0.29) is 11.9 Å². The van der Waals surface area contributed by atoms with Crippen molar-refractivity contribution in [3.8, 4) is 0 Å². The smallest absolute Gasteiger partial charge is 0.126 e. The lowest BCUT2D eigenvalue weighted by Crippen LogP contribution is -2.06. The average molecular weight is 236 g/mol. The Morgan fingerprint density at radius 2 is 2.25 bits per heavy atom. The summed E-state index contributed by atoms with van der Waals surface area (Å²) < 4.78 is 13.1. The summed E-state index contributed by atoms with van der Waals surface area (Å²) >= 11 is 1.61. The number of hydrogen-bond donors (Lipinski definition) is 1. The molecule has 1 aromatic carbocycles. The Balaban J connectivity index is 2.12. The van der Waals surface area contributed by atoms with Gasteiger partial charge in [-0.25, -0.2) is 9.37 Å². The van der Waals surface area contributed by atoms with Crippen LogP contribution >= 0.6 is 11.3 Å².